The minimum absolute atomic E-state index is 0.160. The Bertz CT molecular complexity index is 1740. The van der Waals surface area contributed by atoms with Gasteiger partial charge in [0, 0.05) is 96.7 Å². The molecule has 3 aliphatic rings. The van der Waals surface area contributed by atoms with Crippen LogP contribution in [0.25, 0.3) is 0 Å². The lowest BCUT2D eigenvalue weighted by Crippen LogP contribution is -2.54. The van der Waals surface area contributed by atoms with E-state index < -0.39 is 52.2 Å². The maximum absolute atomic E-state index is 13.7. The molecule has 3 fully saturated rings. The lowest BCUT2D eigenvalue weighted by Gasteiger charge is -2.26. The van der Waals surface area contributed by atoms with Crippen molar-refractivity contribution in [2.24, 2.45) is 0 Å². The van der Waals surface area contributed by atoms with Gasteiger partial charge in [-0.2, -0.15) is 0 Å². The third-order valence-corrected chi connectivity index (χ3v) is 12.9. The summed E-state index contributed by atoms with van der Waals surface area (Å²) in [7, 11) is 0. The van der Waals surface area contributed by atoms with Crippen molar-refractivity contribution >= 4 is 18.3 Å². The number of hydrogen-bond donors (Lipinski definition) is 3. The van der Waals surface area contributed by atoms with Gasteiger partial charge < -0.3 is 30.2 Å². The third-order valence-electron chi connectivity index (χ3n) is 12.9. The maximum Gasteiger partial charge on any atom is 0.408 e. The van der Waals surface area contributed by atoms with Gasteiger partial charge in [-0.3, -0.25) is 14.7 Å². The van der Waals surface area contributed by atoms with E-state index in [0.717, 1.165) is 38.9 Å². The molecule has 9 atom stereocenters. The van der Waals surface area contributed by atoms with Gasteiger partial charge in [0.25, 0.3) is 0 Å². The van der Waals surface area contributed by atoms with Crippen LogP contribution >= 0.6 is 0 Å². The summed E-state index contributed by atoms with van der Waals surface area (Å²) >= 11 is 0. The van der Waals surface area contributed by atoms with Crippen LogP contribution in [0.3, 0.4) is 0 Å². The van der Waals surface area contributed by atoms with Gasteiger partial charge >= 0.3 is 35.3 Å². The van der Waals surface area contributed by atoms with Crippen LogP contribution in [0.1, 0.15) is 119 Å². The van der Waals surface area contributed by atoms with Crippen molar-refractivity contribution in [3.8, 4) is 0 Å². The summed E-state index contributed by atoms with van der Waals surface area (Å²) in [6, 6.07) is 1.43. The summed E-state index contributed by atoms with van der Waals surface area (Å²) < 4.78 is 20.5. The van der Waals surface area contributed by atoms with E-state index in [-0.39, 0.29) is 19.6 Å². The van der Waals surface area contributed by atoms with E-state index in [0.29, 0.717) is 115 Å². The smallest absolute Gasteiger partial charge is 0.408 e. The van der Waals surface area contributed by atoms with E-state index in [1.807, 2.05) is 20.8 Å². The molecule has 66 heavy (non-hydrogen) atoms. The molecule has 1 aromatic rings. The first-order chi connectivity index (χ1) is 31.3. The molecular formula is C48H81N9O9. The topological polar surface area (TPSA) is 190 Å². The molecule has 18 heteroatoms. The van der Waals surface area contributed by atoms with Gasteiger partial charge in [-0.1, -0.05) is 58.3 Å². The van der Waals surface area contributed by atoms with Crippen molar-refractivity contribution in [2.75, 3.05) is 58.9 Å². The third kappa shape index (κ3) is 17.8. The average Bonchev–Trinajstić information content (AvgIpc) is 4.24. The van der Waals surface area contributed by atoms with Crippen molar-refractivity contribution in [2.45, 2.75) is 173 Å². The standard InChI is InChI=1S/C48H81N9O9/c1-10-46(7,34-52-31-37(52)4)64-40(58)49-25-19-13-16-22-28-55-43(61)56(29-23-17-14-20-26-50-41(59)65-47(8,11-2)35-53-32-38(53)5)45(63)57(44(55)62)30-24-18-15-21-27-51-42(60)66-48(9,12-3)36-54-33-39(54)6/h10-12,37-39H,1-3,13-36H2,4-9H3,(H,49,58)(H,50,59)(H,51,60). The highest BCUT2D eigenvalue weighted by Gasteiger charge is 2.39. The maximum atomic E-state index is 13.7. The highest BCUT2D eigenvalue weighted by molar-refractivity contribution is 5.68. The Morgan fingerprint density at radius 3 is 0.924 bits per heavy atom. The Balaban J connectivity index is 1.24. The first-order valence-corrected chi connectivity index (χ1v) is 24.3. The number of nitrogens with one attached hydrogen (secondary N) is 3. The van der Waals surface area contributed by atoms with Crippen molar-refractivity contribution in [1.82, 2.24) is 44.4 Å². The molecule has 3 saturated heterocycles. The molecule has 3 amide bonds. The second kappa shape index (κ2) is 25.5. The van der Waals surface area contributed by atoms with Crippen LogP contribution in [0.4, 0.5) is 14.4 Å². The van der Waals surface area contributed by atoms with Gasteiger partial charge in [0.1, 0.15) is 16.8 Å². The minimum atomic E-state index is -0.780. The van der Waals surface area contributed by atoms with Crippen LogP contribution in [-0.2, 0) is 33.8 Å². The van der Waals surface area contributed by atoms with Gasteiger partial charge in [-0.05, 0) is 98.3 Å². The molecule has 3 aliphatic heterocycles. The van der Waals surface area contributed by atoms with E-state index in [1.165, 1.54) is 13.7 Å². The molecule has 0 aliphatic carbocycles. The summed E-state index contributed by atoms with van der Waals surface area (Å²) in [5.41, 5.74) is -4.19. The lowest BCUT2D eigenvalue weighted by atomic mass is 10.1. The molecule has 0 spiro atoms. The molecule has 372 valence electrons. The zero-order valence-corrected chi connectivity index (χ0v) is 40.9. The number of hydrogen-bond acceptors (Lipinski definition) is 12. The molecule has 0 radical (unpaired) electrons. The van der Waals surface area contributed by atoms with Crippen molar-refractivity contribution in [3.05, 3.63) is 69.4 Å². The number of aromatic nitrogens is 3. The van der Waals surface area contributed by atoms with Crippen LogP contribution in [0, 0.1) is 0 Å². The molecule has 4 heterocycles. The van der Waals surface area contributed by atoms with Gasteiger partial charge in [-0.15, -0.1) is 0 Å². The minimum Gasteiger partial charge on any atom is -0.438 e. The Kier molecular flexibility index (Phi) is 20.8. The van der Waals surface area contributed by atoms with Gasteiger partial charge in [0.15, 0.2) is 0 Å². The van der Waals surface area contributed by atoms with E-state index in [9.17, 15) is 28.8 Å². The molecule has 0 aromatic carbocycles. The molecule has 0 bridgehead atoms. The molecule has 0 saturated carbocycles. The van der Waals surface area contributed by atoms with E-state index >= 15 is 0 Å². The predicted octanol–water partition coefficient (Wildman–Crippen LogP) is 4.98. The molecular weight excluding hydrogens is 847 g/mol. The van der Waals surface area contributed by atoms with E-state index in [2.05, 4.69) is 71.2 Å². The fourth-order valence-electron chi connectivity index (χ4n) is 7.98. The molecule has 4 rings (SSSR count). The normalized spacial score (nSPS) is 23.2. The first kappa shape index (κ1) is 53.9. The Hall–Kier alpha value is -4.68. The highest BCUT2D eigenvalue weighted by atomic mass is 16.6. The summed E-state index contributed by atoms with van der Waals surface area (Å²) in [5.74, 6) is 0. The van der Waals surface area contributed by atoms with Gasteiger partial charge in [0.2, 0.25) is 0 Å². The second-order valence-electron chi connectivity index (χ2n) is 19.4. The average molecular weight is 928 g/mol. The summed E-state index contributed by atoms with van der Waals surface area (Å²) in [5, 5.41) is 8.44. The summed E-state index contributed by atoms with van der Waals surface area (Å²) in [6.45, 7) is 29.9. The van der Waals surface area contributed by atoms with Crippen LogP contribution in [-0.4, -0.2) is 141 Å². The quantitative estimate of drug-likeness (QED) is 0.0372. The summed E-state index contributed by atoms with van der Waals surface area (Å²) in [6.07, 6.45) is 11.5. The fourth-order valence-corrected chi connectivity index (χ4v) is 7.98. The summed E-state index contributed by atoms with van der Waals surface area (Å²) in [4.78, 5) is 85.2. The SMILES string of the molecule is C=CC(C)(CN1CC1C)OC(=O)NCCCCCCn1c(=O)n(CCCCCCNC(=O)OC(C)(C=C)CN2CC2C)c(=O)n(CCCCCCNC(=O)OC(C)(C=C)CN2CC2C)c1=O. The van der Waals surface area contributed by atoms with Crippen molar-refractivity contribution < 1.29 is 28.6 Å². The monoisotopic (exact) mass is 928 g/mol. The number of alkyl carbamates (subject to hydrolysis) is 3. The van der Waals surface area contributed by atoms with Crippen LogP contribution in [0.2, 0.25) is 0 Å². The molecule has 1 aromatic heterocycles. The number of amides is 3. The Labute approximate surface area is 391 Å². The highest BCUT2D eigenvalue weighted by Crippen LogP contribution is 2.25. The van der Waals surface area contributed by atoms with Gasteiger partial charge in [-0.25, -0.2) is 42.5 Å². The van der Waals surface area contributed by atoms with E-state index in [1.54, 1.807) is 18.2 Å². The van der Waals surface area contributed by atoms with Crippen LogP contribution in [0.15, 0.2) is 52.3 Å². The van der Waals surface area contributed by atoms with Crippen molar-refractivity contribution in [3.63, 3.8) is 0 Å². The predicted molar refractivity (Wildman–Crippen MR) is 257 cm³/mol. The van der Waals surface area contributed by atoms with Crippen LogP contribution in [0.5, 0.6) is 0 Å². The second-order valence-corrected chi connectivity index (χ2v) is 19.4. The molecule has 9 unspecified atom stereocenters. The Morgan fingerprint density at radius 1 is 0.485 bits per heavy atom. The first-order valence-electron chi connectivity index (χ1n) is 24.3. The number of unbranched alkanes of at least 4 members (excludes halogenated alkanes) is 9. The zero-order chi connectivity index (χ0) is 48.5. The van der Waals surface area contributed by atoms with E-state index in [4.69, 9.17) is 14.2 Å². The zero-order valence-electron chi connectivity index (χ0n) is 40.9. The number of nitrogens with zero attached hydrogens (tertiary/aromatic N) is 6. The van der Waals surface area contributed by atoms with Crippen LogP contribution < -0.4 is 33.0 Å². The van der Waals surface area contributed by atoms with Gasteiger partial charge in [0.05, 0.1) is 0 Å². The largest absolute Gasteiger partial charge is 0.438 e. The lowest BCUT2D eigenvalue weighted by molar-refractivity contribution is 0.0480. The fraction of sp³-hybridized carbons (Fsp3) is 0.750. The number of rotatable bonds is 33. The van der Waals surface area contributed by atoms with Crippen molar-refractivity contribution in [1.29, 1.82) is 0 Å². The number of carbonyl (C=O) groups excluding carboxylic acids is 3. The Morgan fingerprint density at radius 2 is 0.712 bits per heavy atom. The molecule has 3 N–H and O–H groups in total. The molecule has 18 nitrogen and oxygen atoms in total. The number of carbonyl (C=O) groups is 3. The number of ether oxygens (including phenoxy) is 3.